The molecule has 0 saturated heterocycles. The van der Waals surface area contributed by atoms with Crippen molar-refractivity contribution in [1.82, 2.24) is 0 Å². The van der Waals surface area contributed by atoms with E-state index in [1.807, 2.05) is 0 Å². The lowest BCUT2D eigenvalue weighted by Crippen LogP contribution is -2.03. The van der Waals surface area contributed by atoms with Gasteiger partial charge in [0.25, 0.3) is 0 Å². The lowest BCUT2D eigenvalue weighted by molar-refractivity contribution is 0.102. The van der Waals surface area contributed by atoms with Crippen molar-refractivity contribution in [2.24, 2.45) is 0 Å². The maximum atomic E-state index is 11.8. The highest BCUT2D eigenvalue weighted by Crippen LogP contribution is 2.27. The fraction of sp³-hybridized carbons (Fsp3) is 0.308. The summed E-state index contributed by atoms with van der Waals surface area (Å²) in [6.07, 6.45) is 1.78. The third-order valence-corrected chi connectivity index (χ3v) is 3.11. The quantitative estimate of drug-likeness (QED) is 0.425. The van der Waals surface area contributed by atoms with Gasteiger partial charge in [0, 0.05) is 11.3 Å². The van der Waals surface area contributed by atoms with Crippen molar-refractivity contribution in [2.75, 3.05) is 25.7 Å². The Kier molecular flexibility index (Phi) is 5.63. The fourth-order valence-corrected chi connectivity index (χ4v) is 1.96. The molecule has 0 amide bonds. The number of methoxy groups -OCH3 is 2. The molecule has 92 valence electrons. The van der Waals surface area contributed by atoms with Gasteiger partial charge in [-0.3, -0.25) is 4.79 Å². The normalized spacial score (nSPS) is 9.76. The molecule has 0 bridgehead atoms. The summed E-state index contributed by atoms with van der Waals surface area (Å²) in [6, 6.07) is 5.19. The summed E-state index contributed by atoms with van der Waals surface area (Å²) in [5.74, 6) is 2.51. The number of hydrogen-bond donors (Lipinski definition) is 0. The van der Waals surface area contributed by atoms with Crippen molar-refractivity contribution in [3.05, 3.63) is 36.4 Å². The number of ether oxygens (including phenoxy) is 2. The smallest absolute Gasteiger partial charge is 0.172 e. The molecule has 1 rings (SSSR count). The monoisotopic (exact) mass is 252 g/mol. The summed E-state index contributed by atoms with van der Waals surface area (Å²) in [5, 5.41) is 0. The van der Waals surface area contributed by atoms with Gasteiger partial charge in [-0.1, -0.05) is 6.08 Å². The van der Waals surface area contributed by atoms with Gasteiger partial charge in [0.15, 0.2) is 17.3 Å². The number of benzene rings is 1. The molecule has 0 unspecified atom stereocenters. The Morgan fingerprint density at radius 1 is 1.35 bits per heavy atom. The van der Waals surface area contributed by atoms with Crippen molar-refractivity contribution < 1.29 is 14.3 Å². The van der Waals surface area contributed by atoms with E-state index in [1.165, 1.54) is 11.8 Å². The van der Waals surface area contributed by atoms with Crippen LogP contribution in [0.15, 0.2) is 30.9 Å². The van der Waals surface area contributed by atoms with Crippen LogP contribution in [0.25, 0.3) is 0 Å². The summed E-state index contributed by atoms with van der Waals surface area (Å²) in [5.41, 5.74) is 0.638. The van der Waals surface area contributed by atoms with Crippen LogP contribution in [-0.4, -0.2) is 31.5 Å². The van der Waals surface area contributed by atoms with Crippen molar-refractivity contribution in [2.45, 2.75) is 0 Å². The minimum absolute atomic E-state index is 0.0813. The molecule has 0 aliphatic carbocycles. The molecule has 0 aliphatic heterocycles. The van der Waals surface area contributed by atoms with E-state index >= 15 is 0 Å². The molecule has 0 atom stereocenters. The van der Waals surface area contributed by atoms with E-state index < -0.39 is 0 Å². The van der Waals surface area contributed by atoms with Gasteiger partial charge < -0.3 is 9.47 Å². The summed E-state index contributed by atoms with van der Waals surface area (Å²) in [6.45, 7) is 3.61. The lowest BCUT2D eigenvalue weighted by Gasteiger charge is -2.08. The summed E-state index contributed by atoms with van der Waals surface area (Å²) >= 11 is 1.54. The highest BCUT2D eigenvalue weighted by molar-refractivity contribution is 8.00. The molecule has 3 nitrogen and oxygen atoms in total. The van der Waals surface area contributed by atoms with Crippen LogP contribution in [0.1, 0.15) is 10.4 Å². The topological polar surface area (TPSA) is 35.5 Å². The third-order valence-electron chi connectivity index (χ3n) is 2.17. The maximum Gasteiger partial charge on any atom is 0.172 e. The fourth-order valence-electron chi connectivity index (χ4n) is 1.33. The lowest BCUT2D eigenvalue weighted by atomic mass is 10.1. The van der Waals surface area contributed by atoms with Crippen molar-refractivity contribution >= 4 is 17.5 Å². The molecule has 1 aromatic rings. The standard InChI is InChI=1S/C13H16O3S/c1-4-7-17-9-11(14)10-5-6-12(15-2)13(8-10)16-3/h4-6,8H,1,7,9H2,2-3H3. The number of carbonyl (C=O) groups is 1. The second-order valence-corrected chi connectivity index (χ2v) is 4.33. The first-order valence-corrected chi connectivity index (χ1v) is 6.32. The first-order chi connectivity index (χ1) is 8.22. The Balaban J connectivity index is 2.77. The van der Waals surface area contributed by atoms with Gasteiger partial charge in [-0.05, 0) is 18.2 Å². The molecule has 17 heavy (non-hydrogen) atoms. The maximum absolute atomic E-state index is 11.8. The van der Waals surface area contributed by atoms with Crippen LogP contribution in [0.3, 0.4) is 0 Å². The van der Waals surface area contributed by atoms with Gasteiger partial charge >= 0.3 is 0 Å². The molecule has 0 heterocycles. The number of carbonyl (C=O) groups excluding carboxylic acids is 1. The zero-order valence-corrected chi connectivity index (χ0v) is 10.9. The molecule has 0 spiro atoms. The molecule has 0 saturated carbocycles. The Morgan fingerprint density at radius 3 is 2.65 bits per heavy atom. The van der Waals surface area contributed by atoms with Gasteiger partial charge in [-0.15, -0.1) is 18.3 Å². The van der Waals surface area contributed by atoms with Crippen LogP contribution < -0.4 is 9.47 Å². The van der Waals surface area contributed by atoms with Gasteiger partial charge in [0.2, 0.25) is 0 Å². The minimum Gasteiger partial charge on any atom is -0.493 e. The Morgan fingerprint density at radius 2 is 2.06 bits per heavy atom. The van der Waals surface area contributed by atoms with E-state index in [9.17, 15) is 4.79 Å². The number of thioether (sulfide) groups is 1. The third kappa shape index (κ3) is 3.82. The first-order valence-electron chi connectivity index (χ1n) is 5.16. The number of ketones is 1. The molecular weight excluding hydrogens is 236 g/mol. The number of hydrogen-bond acceptors (Lipinski definition) is 4. The van der Waals surface area contributed by atoms with Crippen LogP contribution in [0.2, 0.25) is 0 Å². The summed E-state index contributed by atoms with van der Waals surface area (Å²) < 4.78 is 10.3. The zero-order chi connectivity index (χ0) is 12.7. The van der Waals surface area contributed by atoms with Gasteiger partial charge in [0.1, 0.15) is 0 Å². The van der Waals surface area contributed by atoms with E-state index in [1.54, 1.807) is 38.5 Å². The highest BCUT2D eigenvalue weighted by atomic mass is 32.2. The molecular formula is C13H16O3S. The van der Waals surface area contributed by atoms with Crippen LogP contribution >= 0.6 is 11.8 Å². The Bertz CT molecular complexity index is 402. The van der Waals surface area contributed by atoms with Crippen LogP contribution in [0.4, 0.5) is 0 Å². The Hall–Kier alpha value is -1.42. The number of Topliss-reactive ketones (excluding diaryl/α,β-unsaturated/α-hetero) is 1. The van der Waals surface area contributed by atoms with Crippen LogP contribution in [0, 0.1) is 0 Å². The average Bonchev–Trinajstić information content (AvgIpc) is 2.38. The average molecular weight is 252 g/mol. The molecule has 0 N–H and O–H groups in total. The second-order valence-electron chi connectivity index (χ2n) is 3.30. The van der Waals surface area contributed by atoms with E-state index in [0.29, 0.717) is 22.8 Å². The second kappa shape index (κ2) is 7.01. The minimum atomic E-state index is 0.0813. The highest BCUT2D eigenvalue weighted by Gasteiger charge is 2.10. The van der Waals surface area contributed by atoms with Gasteiger partial charge in [-0.25, -0.2) is 0 Å². The molecule has 0 aliphatic rings. The van der Waals surface area contributed by atoms with Crippen molar-refractivity contribution in [3.8, 4) is 11.5 Å². The van der Waals surface area contributed by atoms with E-state index in [2.05, 4.69) is 6.58 Å². The Labute approximate surface area is 106 Å². The molecule has 0 radical (unpaired) electrons. The summed E-state index contributed by atoms with van der Waals surface area (Å²) in [4.78, 5) is 11.8. The van der Waals surface area contributed by atoms with E-state index in [0.717, 1.165) is 5.75 Å². The summed E-state index contributed by atoms with van der Waals surface area (Å²) in [7, 11) is 3.12. The molecule has 0 fully saturated rings. The number of rotatable bonds is 7. The van der Waals surface area contributed by atoms with Crippen LogP contribution in [-0.2, 0) is 0 Å². The predicted molar refractivity (Wildman–Crippen MR) is 71.4 cm³/mol. The zero-order valence-electron chi connectivity index (χ0n) is 10.1. The SMILES string of the molecule is C=CCSCC(=O)c1ccc(OC)c(OC)c1. The van der Waals surface area contributed by atoms with E-state index in [4.69, 9.17) is 9.47 Å². The van der Waals surface area contributed by atoms with Gasteiger partial charge in [-0.2, -0.15) is 0 Å². The van der Waals surface area contributed by atoms with Gasteiger partial charge in [0.05, 0.1) is 20.0 Å². The van der Waals surface area contributed by atoms with E-state index in [-0.39, 0.29) is 5.78 Å². The van der Waals surface area contributed by atoms with Crippen molar-refractivity contribution in [1.29, 1.82) is 0 Å². The molecule has 4 heteroatoms. The predicted octanol–water partition coefficient (Wildman–Crippen LogP) is 2.81. The molecule has 0 aromatic heterocycles. The van der Waals surface area contributed by atoms with Crippen LogP contribution in [0.5, 0.6) is 11.5 Å². The first kappa shape index (κ1) is 13.6. The molecule has 1 aromatic carbocycles. The van der Waals surface area contributed by atoms with Crippen molar-refractivity contribution in [3.63, 3.8) is 0 Å². The largest absolute Gasteiger partial charge is 0.493 e.